The van der Waals surface area contributed by atoms with Gasteiger partial charge in [-0.15, -0.1) is 0 Å². The number of rotatable bonds is 4. The van der Waals surface area contributed by atoms with E-state index in [1.54, 1.807) is 29.2 Å². The highest BCUT2D eigenvalue weighted by atomic mass is 35.5. The second-order valence-corrected chi connectivity index (χ2v) is 7.19. The van der Waals surface area contributed by atoms with Crippen LogP contribution in [0.15, 0.2) is 65.8 Å². The first-order chi connectivity index (χ1) is 13.6. The number of amides is 1. The van der Waals surface area contributed by atoms with E-state index in [1.165, 1.54) is 24.2 Å². The Labute approximate surface area is 169 Å². The molecular weight excluding hydrogens is 401 g/mol. The van der Waals surface area contributed by atoms with Crippen LogP contribution in [0.25, 0.3) is 11.8 Å². The average Bonchev–Trinajstić information content (AvgIpc) is 3.33. The molecule has 0 atom stereocenters. The molecule has 0 radical (unpaired) electrons. The molecule has 0 aliphatic carbocycles. The van der Waals surface area contributed by atoms with Crippen molar-refractivity contribution in [3.8, 4) is 5.69 Å². The Hall–Kier alpha value is -2.97. The fourth-order valence-corrected chi connectivity index (χ4v) is 3.76. The third-order valence-electron chi connectivity index (χ3n) is 3.97. The topological polar surface area (TPSA) is 72.2 Å². The molecule has 0 saturated heterocycles. The van der Waals surface area contributed by atoms with Crippen molar-refractivity contribution in [2.45, 2.75) is 5.75 Å². The van der Waals surface area contributed by atoms with Gasteiger partial charge in [-0.25, -0.2) is 19.0 Å². The van der Waals surface area contributed by atoms with E-state index in [0.29, 0.717) is 15.8 Å². The van der Waals surface area contributed by atoms with Gasteiger partial charge in [0.2, 0.25) is 0 Å². The average molecular weight is 414 g/mol. The van der Waals surface area contributed by atoms with Crippen molar-refractivity contribution in [2.24, 2.45) is 4.99 Å². The molecule has 2 aromatic carbocycles. The number of halogens is 2. The van der Waals surface area contributed by atoms with Crippen LogP contribution in [0, 0.1) is 5.82 Å². The molecule has 6 nitrogen and oxygen atoms in total. The van der Waals surface area contributed by atoms with E-state index in [0.717, 1.165) is 11.3 Å². The van der Waals surface area contributed by atoms with Crippen molar-refractivity contribution >= 4 is 40.5 Å². The zero-order chi connectivity index (χ0) is 19.5. The van der Waals surface area contributed by atoms with E-state index >= 15 is 0 Å². The standard InChI is InChI=1S/C19H13ClFN5OS/c20-15-2-1-3-16(21)14(15)9-28-19-24-17(18(27)25-19)8-12-4-6-13(7-5-12)26-11-22-10-23-26/h1-8,10-11H,9H2,(H,24,25,27). The normalized spacial score (nSPS) is 15.0. The summed E-state index contributed by atoms with van der Waals surface area (Å²) in [4.78, 5) is 20.4. The molecule has 28 heavy (non-hydrogen) atoms. The highest BCUT2D eigenvalue weighted by molar-refractivity contribution is 8.13. The lowest BCUT2D eigenvalue weighted by atomic mass is 10.2. The maximum atomic E-state index is 13.9. The number of thioether (sulfide) groups is 1. The number of carbonyl (C=O) groups excluding carboxylic acids is 1. The van der Waals surface area contributed by atoms with Crippen LogP contribution in [-0.4, -0.2) is 25.8 Å². The first kappa shape index (κ1) is 18.4. The Morgan fingerprint density at radius 1 is 1.21 bits per heavy atom. The SMILES string of the molecule is O=C1NC(SCc2c(F)cccc2Cl)=NC1=Cc1ccc(-n2cncn2)cc1. The molecular formula is C19H13ClFN5OS. The number of nitrogens with one attached hydrogen (secondary N) is 1. The lowest BCUT2D eigenvalue weighted by molar-refractivity contribution is -0.115. The van der Waals surface area contributed by atoms with Crippen LogP contribution in [-0.2, 0) is 10.5 Å². The maximum Gasteiger partial charge on any atom is 0.275 e. The molecule has 1 aliphatic heterocycles. The van der Waals surface area contributed by atoms with Crippen molar-refractivity contribution in [1.82, 2.24) is 20.1 Å². The Balaban J connectivity index is 1.47. The summed E-state index contributed by atoms with van der Waals surface area (Å²) in [5.74, 6) is -0.416. The lowest BCUT2D eigenvalue weighted by Gasteiger charge is -2.05. The van der Waals surface area contributed by atoms with E-state index in [1.807, 2.05) is 24.3 Å². The van der Waals surface area contributed by atoms with Crippen LogP contribution < -0.4 is 5.32 Å². The second-order valence-electron chi connectivity index (χ2n) is 5.82. The van der Waals surface area contributed by atoms with Gasteiger partial charge in [-0.3, -0.25) is 10.1 Å². The van der Waals surface area contributed by atoms with E-state index in [2.05, 4.69) is 20.4 Å². The number of nitrogens with zero attached hydrogens (tertiary/aromatic N) is 4. The molecule has 0 spiro atoms. The summed E-state index contributed by atoms with van der Waals surface area (Å²) < 4.78 is 15.5. The summed E-state index contributed by atoms with van der Waals surface area (Å²) in [5.41, 5.74) is 2.35. The zero-order valence-electron chi connectivity index (χ0n) is 14.3. The highest BCUT2D eigenvalue weighted by Crippen LogP contribution is 2.26. The summed E-state index contributed by atoms with van der Waals surface area (Å²) in [6.45, 7) is 0. The number of amidine groups is 1. The van der Waals surface area contributed by atoms with E-state index in [-0.39, 0.29) is 23.2 Å². The summed E-state index contributed by atoms with van der Waals surface area (Å²) >= 11 is 7.25. The van der Waals surface area contributed by atoms with E-state index in [9.17, 15) is 9.18 Å². The summed E-state index contributed by atoms with van der Waals surface area (Å²) in [7, 11) is 0. The van der Waals surface area contributed by atoms with Gasteiger partial charge in [0.25, 0.3) is 5.91 Å². The van der Waals surface area contributed by atoms with Crippen LogP contribution in [0.5, 0.6) is 0 Å². The fraction of sp³-hybridized carbons (Fsp3) is 0.0526. The molecule has 140 valence electrons. The molecule has 1 aliphatic rings. The monoisotopic (exact) mass is 413 g/mol. The maximum absolute atomic E-state index is 13.9. The van der Waals surface area contributed by atoms with Gasteiger partial charge in [0, 0.05) is 16.3 Å². The van der Waals surface area contributed by atoms with Gasteiger partial charge >= 0.3 is 0 Å². The molecule has 4 rings (SSSR count). The number of hydrogen-bond acceptors (Lipinski definition) is 5. The van der Waals surface area contributed by atoms with Crippen molar-refractivity contribution in [3.63, 3.8) is 0 Å². The quantitative estimate of drug-likeness (QED) is 0.660. The van der Waals surface area contributed by atoms with Crippen LogP contribution in [0.4, 0.5) is 4.39 Å². The Morgan fingerprint density at radius 3 is 2.75 bits per heavy atom. The second kappa shape index (κ2) is 7.95. The Morgan fingerprint density at radius 2 is 2.04 bits per heavy atom. The van der Waals surface area contributed by atoms with Gasteiger partial charge in [-0.05, 0) is 35.9 Å². The van der Waals surface area contributed by atoms with Gasteiger partial charge in [0.15, 0.2) is 5.17 Å². The van der Waals surface area contributed by atoms with Gasteiger partial charge in [0.05, 0.1) is 5.69 Å². The largest absolute Gasteiger partial charge is 0.300 e. The molecule has 1 amide bonds. The Kier molecular flexibility index (Phi) is 5.23. The van der Waals surface area contributed by atoms with Crippen molar-refractivity contribution in [2.75, 3.05) is 0 Å². The van der Waals surface area contributed by atoms with Gasteiger partial charge in [-0.1, -0.05) is 41.6 Å². The lowest BCUT2D eigenvalue weighted by Crippen LogP contribution is -2.21. The molecule has 1 N–H and O–H groups in total. The Bertz CT molecular complexity index is 1060. The third kappa shape index (κ3) is 3.97. The van der Waals surface area contributed by atoms with Crippen LogP contribution in [0.3, 0.4) is 0 Å². The number of aromatic nitrogens is 3. The van der Waals surface area contributed by atoms with Crippen LogP contribution in [0.1, 0.15) is 11.1 Å². The molecule has 0 bridgehead atoms. The summed E-state index contributed by atoms with van der Waals surface area (Å²) in [6.07, 6.45) is 4.75. The molecule has 2 heterocycles. The number of benzene rings is 2. The molecule has 0 saturated carbocycles. The fourth-order valence-electron chi connectivity index (χ4n) is 2.55. The van der Waals surface area contributed by atoms with Crippen LogP contribution in [0.2, 0.25) is 5.02 Å². The molecule has 0 fully saturated rings. The minimum absolute atomic E-state index is 0.268. The molecule has 9 heteroatoms. The predicted octanol–water partition coefficient (Wildman–Crippen LogP) is 3.82. The number of hydrogen-bond donors (Lipinski definition) is 1. The first-order valence-corrected chi connectivity index (χ1v) is 9.59. The highest BCUT2D eigenvalue weighted by Gasteiger charge is 2.21. The number of aliphatic imine (C=N–C) groups is 1. The van der Waals surface area contributed by atoms with Gasteiger partial charge in [0.1, 0.15) is 24.2 Å². The minimum Gasteiger partial charge on any atom is -0.300 e. The van der Waals surface area contributed by atoms with Crippen molar-refractivity contribution in [3.05, 3.63) is 82.8 Å². The van der Waals surface area contributed by atoms with Gasteiger partial charge in [-0.2, -0.15) is 5.10 Å². The zero-order valence-corrected chi connectivity index (χ0v) is 15.9. The molecule has 0 unspecified atom stereocenters. The van der Waals surface area contributed by atoms with E-state index in [4.69, 9.17) is 11.6 Å². The summed E-state index contributed by atoms with van der Waals surface area (Å²) in [5, 5.41) is 7.51. The smallest absolute Gasteiger partial charge is 0.275 e. The predicted molar refractivity (Wildman–Crippen MR) is 108 cm³/mol. The van der Waals surface area contributed by atoms with Crippen molar-refractivity contribution < 1.29 is 9.18 Å². The summed E-state index contributed by atoms with van der Waals surface area (Å²) in [6, 6.07) is 12.0. The third-order valence-corrected chi connectivity index (χ3v) is 5.22. The molecule has 1 aromatic heterocycles. The first-order valence-electron chi connectivity index (χ1n) is 8.22. The van der Waals surface area contributed by atoms with Crippen molar-refractivity contribution in [1.29, 1.82) is 0 Å². The van der Waals surface area contributed by atoms with Gasteiger partial charge < -0.3 is 0 Å². The molecule has 3 aromatic rings. The van der Waals surface area contributed by atoms with Crippen LogP contribution >= 0.6 is 23.4 Å². The number of carbonyl (C=O) groups is 1. The van der Waals surface area contributed by atoms with E-state index < -0.39 is 0 Å². The minimum atomic E-state index is -0.381.